The maximum absolute atomic E-state index is 3.46. The van der Waals surface area contributed by atoms with Gasteiger partial charge in [0.05, 0.1) is 0 Å². The van der Waals surface area contributed by atoms with Gasteiger partial charge in [0.2, 0.25) is 0 Å². The summed E-state index contributed by atoms with van der Waals surface area (Å²) in [6, 6.07) is 17.7. The summed E-state index contributed by atoms with van der Waals surface area (Å²) in [6.07, 6.45) is 4.64. The van der Waals surface area contributed by atoms with Gasteiger partial charge in [-0.15, -0.1) is 0 Å². The van der Waals surface area contributed by atoms with Crippen LogP contribution in [0.4, 0.5) is 0 Å². The van der Waals surface area contributed by atoms with Gasteiger partial charge in [-0.05, 0) is 48.1 Å². The molecule has 0 nitrogen and oxygen atoms in total. The zero-order chi connectivity index (χ0) is 12.8. The van der Waals surface area contributed by atoms with Crippen molar-refractivity contribution in [3.8, 4) is 0 Å². The fraction of sp³-hybridized carbons (Fsp3) is 0.294. The number of hydrogen-bond acceptors (Lipinski definition) is 0. The van der Waals surface area contributed by atoms with Gasteiger partial charge in [0, 0.05) is 4.47 Å². The second-order valence-corrected chi connectivity index (χ2v) is 5.61. The van der Waals surface area contributed by atoms with Crippen molar-refractivity contribution in [3.05, 3.63) is 69.7 Å². The molecule has 98 valence electrons. The standard InChI is InChI=1S/C17H19Br.Mg.2H/c1-2-3-14-4-6-15(7-5-14)8-9-16-10-12-17(18)13-11-16;;;/h4-7,10-13H,2-3,8-9H2,1H3;;;. The molecule has 0 unspecified atom stereocenters. The third-order valence-electron chi connectivity index (χ3n) is 3.18. The molecule has 0 spiro atoms. The Labute approximate surface area is 140 Å². The van der Waals surface area contributed by atoms with Crippen molar-refractivity contribution >= 4 is 39.0 Å². The third-order valence-corrected chi connectivity index (χ3v) is 3.71. The summed E-state index contributed by atoms with van der Waals surface area (Å²) in [5, 5.41) is 0. The van der Waals surface area contributed by atoms with Crippen LogP contribution >= 0.6 is 15.9 Å². The largest absolute Gasteiger partial charge is 0.316 e. The molecule has 0 bridgehead atoms. The highest BCUT2D eigenvalue weighted by Crippen LogP contribution is 2.13. The van der Waals surface area contributed by atoms with Gasteiger partial charge in [-0.1, -0.05) is 65.7 Å². The molecule has 0 N–H and O–H groups in total. The normalized spacial score (nSPS) is 10.0. The van der Waals surface area contributed by atoms with Crippen molar-refractivity contribution in [1.82, 2.24) is 0 Å². The topological polar surface area (TPSA) is 0 Å². The van der Waals surface area contributed by atoms with Gasteiger partial charge in [-0.2, -0.15) is 0 Å². The Morgan fingerprint density at radius 3 is 1.47 bits per heavy atom. The molecule has 19 heavy (non-hydrogen) atoms. The molecule has 0 heterocycles. The van der Waals surface area contributed by atoms with Gasteiger partial charge in [0.25, 0.3) is 0 Å². The Bertz CT molecular complexity index is 474. The number of aryl methyl sites for hydroxylation is 3. The smallest absolute Gasteiger partial charge is 0.0651 e. The molecule has 2 aromatic rings. The van der Waals surface area contributed by atoms with Gasteiger partial charge in [0.15, 0.2) is 0 Å². The van der Waals surface area contributed by atoms with Crippen LogP contribution in [0, 0.1) is 0 Å². The summed E-state index contributed by atoms with van der Waals surface area (Å²) in [6.45, 7) is 2.22. The molecular formula is C17H21BrMg. The maximum atomic E-state index is 3.46. The van der Waals surface area contributed by atoms with Crippen LogP contribution in [0.1, 0.15) is 30.0 Å². The molecule has 2 heteroatoms. The van der Waals surface area contributed by atoms with Crippen molar-refractivity contribution in [1.29, 1.82) is 0 Å². The average molecular weight is 330 g/mol. The summed E-state index contributed by atoms with van der Waals surface area (Å²) in [5.74, 6) is 0. The van der Waals surface area contributed by atoms with Gasteiger partial charge < -0.3 is 0 Å². The number of hydrogen-bond donors (Lipinski definition) is 0. The zero-order valence-electron chi connectivity index (χ0n) is 10.8. The van der Waals surface area contributed by atoms with E-state index in [0.717, 1.165) is 17.3 Å². The lowest BCUT2D eigenvalue weighted by Crippen LogP contribution is -1.92. The zero-order valence-corrected chi connectivity index (χ0v) is 12.4. The van der Waals surface area contributed by atoms with Gasteiger partial charge in [0.1, 0.15) is 0 Å². The highest BCUT2D eigenvalue weighted by atomic mass is 79.9. The molecule has 0 atom stereocenters. The Kier molecular flexibility index (Phi) is 7.73. The van der Waals surface area contributed by atoms with Crippen LogP contribution in [-0.4, -0.2) is 23.1 Å². The Morgan fingerprint density at radius 2 is 1.05 bits per heavy atom. The van der Waals surface area contributed by atoms with Crippen LogP contribution in [-0.2, 0) is 19.3 Å². The molecule has 0 aliphatic carbocycles. The molecule has 0 saturated heterocycles. The van der Waals surface area contributed by atoms with Crippen LogP contribution in [0.15, 0.2) is 53.0 Å². The lowest BCUT2D eigenvalue weighted by Gasteiger charge is -2.04. The van der Waals surface area contributed by atoms with Crippen molar-refractivity contribution in [2.45, 2.75) is 32.6 Å². The summed E-state index contributed by atoms with van der Waals surface area (Å²) < 4.78 is 1.15. The minimum Gasteiger partial charge on any atom is -0.0651 e. The predicted octanol–water partition coefficient (Wildman–Crippen LogP) is 4.27. The van der Waals surface area contributed by atoms with E-state index in [0.29, 0.717) is 0 Å². The molecule has 0 saturated carbocycles. The van der Waals surface area contributed by atoms with E-state index in [-0.39, 0.29) is 23.1 Å². The number of halogens is 1. The first kappa shape index (κ1) is 16.7. The highest BCUT2D eigenvalue weighted by Gasteiger charge is 1.97. The molecule has 0 amide bonds. The molecule has 0 fully saturated rings. The first-order valence-corrected chi connectivity index (χ1v) is 7.39. The van der Waals surface area contributed by atoms with Gasteiger partial charge in [-0.25, -0.2) is 0 Å². The monoisotopic (exact) mass is 328 g/mol. The Morgan fingerprint density at radius 1 is 0.684 bits per heavy atom. The van der Waals surface area contributed by atoms with Crippen molar-refractivity contribution in [3.63, 3.8) is 0 Å². The molecule has 0 aliphatic rings. The van der Waals surface area contributed by atoms with E-state index >= 15 is 0 Å². The van der Waals surface area contributed by atoms with Crippen molar-refractivity contribution in [2.24, 2.45) is 0 Å². The van der Waals surface area contributed by atoms with E-state index in [1.165, 1.54) is 29.5 Å². The maximum Gasteiger partial charge on any atom is 0.316 e. The van der Waals surface area contributed by atoms with Gasteiger partial charge in [-0.3, -0.25) is 0 Å². The van der Waals surface area contributed by atoms with E-state index in [1.54, 1.807) is 0 Å². The average Bonchev–Trinajstić information content (AvgIpc) is 2.40. The summed E-state index contributed by atoms with van der Waals surface area (Å²) in [7, 11) is 0. The fourth-order valence-corrected chi connectivity index (χ4v) is 2.37. The Hall–Kier alpha value is -0.314. The molecule has 0 aromatic heterocycles. The van der Waals surface area contributed by atoms with Crippen LogP contribution < -0.4 is 0 Å². The van der Waals surface area contributed by atoms with Crippen LogP contribution in [0.5, 0.6) is 0 Å². The van der Waals surface area contributed by atoms with Gasteiger partial charge >= 0.3 is 23.1 Å². The van der Waals surface area contributed by atoms with Crippen molar-refractivity contribution < 1.29 is 0 Å². The van der Waals surface area contributed by atoms with E-state index in [9.17, 15) is 0 Å². The quantitative estimate of drug-likeness (QED) is 0.719. The van der Waals surface area contributed by atoms with E-state index in [4.69, 9.17) is 0 Å². The molecule has 2 rings (SSSR count). The van der Waals surface area contributed by atoms with E-state index < -0.39 is 0 Å². The fourth-order valence-electron chi connectivity index (χ4n) is 2.10. The lowest BCUT2D eigenvalue weighted by molar-refractivity contribution is 0.914. The molecular weight excluding hydrogens is 308 g/mol. The first-order chi connectivity index (χ1) is 8.78. The first-order valence-electron chi connectivity index (χ1n) is 6.60. The minimum atomic E-state index is 0. The van der Waals surface area contributed by atoms with Crippen LogP contribution in [0.25, 0.3) is 0 Å². The Balaban J connectivity index is 0.00000180. The summed E-state index contributed by atoms with van der Waals surface area (Å²) in [4.78, 5) is 0. The third kappa shape index (κ3) is 5.68. The lowest BCUT2D eigenvalue weighted by atomic mass is 10.0. The SMILES string of the molecule is CCCc1ccc(CCc2ccc(Br)cc2)cc1.[MgH2]. The number of rotatable bonds is 5. The summed E-state index contributed by atoms with van der Waals surface area (Å²) in [5.41, 5.74) is 4.28. The molecule has 2 aromatic carbocycles. The summed E-state index contributed by atoms with van der Waals surface area (Å²) >= 11 is 3.46. The predicted molar refractivity (Wildman–Crippen MR) is 90.5 cm³/mol. The molecule has 0 radical (unpaired) electrons. The molecule has 0 aliphatic heterocycles. The highest BCUT2D eigenvalue weighted by molar-refractivity contribution is 9.10. The van der Waals surface area contributed by atoms with E-state index in [1.807, 2.05) is 0 Å². The van der Waals surface area contributed by atoms with E-state index in [2.05, 4.69) is 71.4 Å². The van der Waals surface area contributed by atoms with Crippen LogP contribution in [0.3, 0.4) is 0 Å². The second-order valence-electron chi connectivity index (χ2n) is 4.69. The minimum absolute atomic E-state index is 0. The van der Waals surface area contributed by atoms with Crippen molar-refractivity contribution in [2.75, 3.05) is 0 Å². The second kappa shape index (κ2) is 8.78. The van der Waals surface area contributed by atoms with Crippen LogP contribution in [0.2, 0.25) is 0 Å². The number of benzene rings is 2.